The van der Waals surface area contributed by atoms with E-state index in [9.17, 15) is 13.2 Å². The molecule has 0 saturated carbocycles. The van der Waals surface area contributed by atoms with E-state index in [1.807, 2.05) is 25.1 Å². The molecule has 1 aliphatic heterocycles. The van der Waals surface area contributed by atoms with E-state index >= 15 is 0 Å². The number of nitrogens with zero attached hydrogens (tertiary/aromatic N) is 4. The van der Waals surface area contributed by atoms with Crippen LogP contribution in [0.2, 0.25) is 0 Å². The van der Waals surface area contributed by atoms with Gasteiger partial charge in [0.15, 0.2) is 0 Å². The van der Waals surface area contributed by atoms with Gasteiger partial charge < -0.3 is 10.2 Å². The van der Waals surface area contributed by atoms with Gasteiger partial charge in [0.25, 0.3) is 10.0 Å². The second-order valence-electron chi connectivity index (χ2n) is 6.61. The lowest BCUT2D eigenvalue weighted by Gasteiger charge is -2.11. The fourth-order valence-electron chi connectivity index (χ4n) is 2.84. The summed E-state index contributed by atoms with van der Waals surface area (Å²) in [6, 6.07) is 6.06. The van der Waals surface area contributed by atoms with Crippen LogP contribution in [0.5, 0.6) is 0 Å². The van der Waals surface area contributed by atoms with Crippen LogP contribution in [-0.4, -0.2) is 48.4 Å². The van der Waals surface area contributed by atoms with Gasteiger partial charge in [0.1, 0.15) is 5.84 Å². The van der Waals surface area contributed by atoms with Crippen LogP contribution in [0.1, 0.15) is 24.8 Å². The average Bonchev–Trinajstić information content (AvgIpc) is 3.22. The minimum atomic E-state index is -3.74. The zero-order valence-corrected chi connectivity index (χ0v) is 16.2. The van der Waals surface area contributed by atoms with Crippen LogP contribution >= 0.6 is 0 Å². The van der Waals surface area contributed by atoms with E-state index in [-0.39, 0.29) is 17.2 Å². The number of aromatic nitrogens is 2. The van der Waals surface area contributed by atoms with Crippen LogP contribution in [0.4, 0.5) is 5.69 Å². The maximum Gasteiger partial charge on any atom is 0.283 e. The van der Waals surface area contributed by atoms with Gasteiger partial charge in [-0.25, -0.2) is 0 Å². The van der Waals surface area contributed by atoms with E-state index in [1.165, 1.54) is 12.1 Å². The van der Waals surface area contributed by atoms with Crippen molar-refractivity contribution in [3.8, 4) is 0 Å². The van der Waals surface area contributed by atoms with Crippen molar-refractivity contribution >= 4 is 27.5 Å². The van der Waals surface area contributed by atoms with Gasteiger partial charge in [0.05, 0.1) is 11.1 Å². The van der Waals surface area contributed by atoms with E-state index in [1.54, 1.807) is 23.0 Å². The fraction of sp³-hybridized carbons (Fsp3) is 0.389. The quantitative estimate of drug-likeness (QED) is 0.815. The van der Waals surface area contributed by atoms with E-state index in [0.717, 1.165) is 18.5 Å². The van der Waals surface area contributed by atoms with Crippen LogP contribution < -0.4 is 5.32 Å². The Kier molecular flexibility index (Phi) is 5.59. The van der Waals surface area contributed by atoms with Crippen LogP contribution in [0.25, 0.3) is 0 Å². The molecule has 0 bridgehead atoms. The molecule has 0 unspecified atom stereocenters. The zero-order valence-electron chi connectivity index (χ0n) is 15.4. The van der Waals surface area contributed by atoms with Crippen LogP contribution in [-0.2, 0) is 21.4 Å². The number of likely N-dealkylation sites (tertiary alicyclic amines) is 1. The lowest BCUT2D eigenvalue weighted by Crippen LogP contribution is -2.20. The van der Waals surface area contributed by atoms with Gasteiger partial charge in [-0.2, -0.15) is 13.5 Å². The first kappa shape index (κ1) is 19.1. The van der Waals surface area contributed by atoms with Gasteiger partial charge in [-0.05, 0) is 43.2 Å². The molecule has 2 aromatic rings. The summed E-state index contributed by atoms with van der Waals surface area (Å²) in [5, 5.41) is 6.89. The normalized spacial score (nSPS) is 16.1. The van der Waals surface area contributed by atoms with Crippen LogP contribution in [0.15, 0.2) is 46.0 Å². The Hall–Kier alpha value is -2.68. The highest BCUT2D eigenvalue weighted by Crippen LogP contribution is 2.19. The maximum absolute atomic E-state index is 12.4. The third kappa shape index (κ3) is 4.94. The molecule has 0 aliphatic carbocycles. The molecule has 2 heterocycles. The molecule has 1 amide bonds. The third-order valence-electron chi connectivity index (χ3n) is 4.33. The molecule has 0 radical (unpaired) electrons. The number of amidine groups is 1. The number of hydrogen-bond donors (Lipinski definition) is 1. The second-order valence-corrected chi connectivity index (χ2v) is 8.22. The van der Waals surface area contributed by atoms with Gasteiger partial charge in [-0.1, -0.05) is 0 Å². The summed E-state index contributed by atoms with van der Waals surface area (Å²) in [6.07, 6.45) is 5.47. The molecule has 3 rings (SSSR count). The first-order valence-electron chi connectivity index (χ1n) is 8.77. The monoisotopic (exact) mass is 389 g/mol. The standard InChI is InChI=1S/C18H23N5O3S/c1-14-12-19-23(13-14)11-9-18(24)20-15-5-7-16(8-6-15)27(25,26)21-17-4-3-10-22(17)2/h5-8,12-13H,3-4,9-11H2,1-2H3,(H,20,24)/b21-17+. The highest BCUT2D eigenvalue weighted by atomic mass is 32.2. The molecule has 144 valence electrons. The molecular formula is C18H23N5O3S. The first-order valence-corrected chi connectivity index (χ1v) is 10.2. The Bertz CT molecular complexity index is 948. The molecule has 1 saturated heterocycles. The Morgan fingerprint density at radius 3 is 2.63 bits per heavy atom. The van der Waals surface area contributed by atoms with E-state index in [2.05, 4.69) is 14.8 Å². The summed E-state index contributed by atoms with van der Waals surface area (Å²) >= 11 is 0. The molecule has 1 N–H and O–H groups in total. The number of benzene rings is 1. The number of rotatable bonds is 6. The summed E-state index contributed by atoms with van der Waals surface area (Å²) < 4.78 is 30.5. The molecule has 1 aromatic heterocycles. The predicted molar refractivity (Wildman–Crippen MR) is 103 cm³/mol. The Labute approximate surface area is 159 Å². The van der Waals surface area contributed by atoms with Crippen molar-refractivity contribution < 1.29 is 13.2 Å². The zero-order chi connectivity index (χ0) is 19.4. The van der Waals surface area contributed by atoms with Gasteiger partial charge in [0.2, 0.25) is 5.91 Å². The summed E-state index contributed by atoms with van der Waals surface area (Å²) in [4.78, 5) is 14.0. The molecule has 1 aliphatic rings. The van der Waals surface area contributed by atoms with E-state index in [0.29, 0.717) is 24.5 Å². The number of aryl methyl sites for hydroxylation is 2. The maximum atomic E-state index is 12.4. The van der Waals surface area contributed by atoms with Gasteiger partial charge >= 0.3 is 0 Å². The van der Waals surface area contributed by atoms with Crippen molar-refractivity contribution in [3.63, 3.8) is 0 Å². The predicted octanol–water partition coefficient (Wildman–Crippen LogP) is 2.03. The minimum absolute atomic E-state index is 0.111. The second kappa shape index (κ2) is 7.91. The Balaban J connectivity index is 1.60. The lowest BCUT2D eigenvalue weighted by molar-refractivity contribution is -0.116. The SMILES string of the molecule is Cc1cnn(CCC(=O)Nc2ccc(S(=O)(=O)/N=C3\CCCN3C)cc2)c1. The fourth-order valence-corrected chi connectivity index (χ4v) is 3.93. The van der Waals surface area contributed by atoms with Gasteiger partial charge in [-0.3, -0.25) is 9.48 Å². The molecule has 9 heteroatoms. The minimum Gasteiger partial charge on any atom is -0.362 e. The molecule has 0 atom stereocenters. The van der Waals surface area contributed by atoms with Crippen LogP contribution in [0.3, 0.4) is 0 Å². The molecular weight excluding hydrogens is 366 g/mol. The molecule has 27 heavy (non-hydrogen) atoms. The summed E-state index contributed by atoms with van der Waals surface area (Å²) in [7, 11) is -1.91. The van der Waals surface area contributed by atoms with Crippen molar-refractivity contribution in [1.82, 2.24) is 14.7 Å². The topological polar surface area (TPSA) is 96.7 Å². The van der Waals surface area contributed by atoms with Crippen LogP contribution in [0, 0.1) is 6.92 Å². The van der Waals surface area contributed by atoms with Crippen molar-refractivity contribution in [2.75, 3.05) is 18.9 Å². The summed E-state index contributed by atoms with van der Waals surface area (Å²) in [6.45, 7) is 3.24. The number of carbonyl (C=O) groups excluding carboxylic acids is 1. The summed E-state index contributed by atoms with van der Waals surface area (Å²) in [5.41, 5.74) is 1.58. The lowest BCUT2D eigenvalue weighted by atomic mass is 10.3. The average molecular weight is 389 g/mol. The number of nitrogens with one attached hydrogen (secondary N) is 1. The van der Waals surface area contributed by atoms with Crippen molar-refractivity contribution in [2.24, 2.45) is 4.40 Å². The number of hydrogen-bond acceptors (Lipinski definition) is 4. The van der Waals surface area contributed by atoms with Gasteiger partial charge in [0, 0.05) is 44.9 Å². The van der Waals surface area contributed by atoms with Crippen molar-refractivity contribution in [3.05, 3.63) is 42.2 Å². The smallest absolute Gasteiger partial charge is 0.283 e. The Morgan fingerprint density at radius 1 is 1.30 bits per heavy atom. The number of anilines is 1. The van der Waals surface area contributed by atoms with Crippen molar-refractivity contribution in [1.29, 1.82) is 0 Å². The number of sulfonamides is 1. The number of amides is 1. The summed E-state index contributed by atoms with van der Waals surface area (Å²) in [5.74, 6) is 0.424. The molecule has 1 fully saturated rings. The molecule has 0 spiro atoms. The largest absolute Gasteiger partial charge is 0.362 e. The highest BCUT2D eigenvalue weighted by Gasteiger charge is 2.20. The first-order chi connectivity index (χ1) is 12.8. The van der Waals surface area contributed by atoms with E-state index < -0.39 is 10.0 Å². The van der Waals surface area contributed by atoms with Gasteiger partial charge in [-0.15, -0.1) is 4.40 Å². The molecule has 8 nitrogen and oxygen atoms in total. The van der Waals surface area contributed by atoms with Crippen molar-refractivity contribution in [2.45, 2.75) is 37.6 Å². The molecule has 1 aromatic carbocycles. The Morgan fingerprint density at radius 2 is 2.04 bits per heavy atom. The highest BCUT2D eigenvalue weighted by molar-refractivity contribution is 7.90. The third-order valence-corrected chi connectivity index (χ3v) is 5.65. The number of carbonyl (C=O) groups is 1. The van der Waals surface area contributed by atoms with E-state index in [4.69, 9.17) is 0 Å².